The van der Waals surface area contributed by atoms with Crippen LogP contribution < -0.4 is 25.2 Å². The van der Waals surface area contributed by atoms with E-state index in [-0.39, 0.29) is 12.5 Å². The molecule has 0 aliphatic carbocycles. The van der Waals surface area contributed by atoms with Gasteiger partial charge in [-0.05, 0) is 53.6 Å². The summed E-state index contributed by atoms with van der Waals surface area (Å²) in [6, 6.07) is 22.7. The first-order chi connectivity index (χ1) is 16.1. The highest BCUT2D eigenvalue weighted by Gasteiger charge is 2.18. The van der Waals surface area contributed by atoms with Gasteiger partial charge < -0.3 is 23.9 Å². The molecule has 0 aliphatic heterocycles. The van der Waals surface area contributed by atoms with Crippen LogP contribution in [0.5, 0.6) is 17.2 Å². The van der Waals surface area contributed by atoms with Crippen LogP contribution in [0, 0.1) is 0 Å². The van der Waals surface area contributed by atoms with E-state index in [1.807, 2.05) is 48.5 Å². The van der Waals surface area contributed by atoms with Crippen LogP contribution in [-0.4, -0.2) is 26.7 Å². The van der Waals surface area contributed by atoms with E-state index < -0.39 is 11.7 Å². The fraction of sp³-hybridized carbons (Fsp3) is 0.154. The first-order valence-corrected chi connectivity index (χ1v) is 10.3. The Hall–Kier alpha value is -4.26. The van der Waals surface area contributed by atoms with Crippen LogP contribution in [0.25, 0.3) is 11.0 Å². The summed E-state index contributed by atoms with van der Waals surface area (Å²) in [5.41, 5.74) is 1.73. The molecular weight excluding hydrogens is 422 g/mol. The molecule has 1 N–H and O–H groups in total. The van der Waals surface area contributed by atoms with Gasteiger partial charge >= 0.3 is 5.63 Å². The SMILES string of the molecule is COc1ccc(C(NC(=O)COc2ccc3ccc(=O)oc3c2)c2ccc(OC)cc2)cc1. The second-order valence-electron chi connectivity index (χ2n) is 7.29. The zero-order valence-corrected chi connectivity index (χ0v) is 18.2. The molecule has 0 radical (unpaired) electrons. The highest BCUT2D eigenvalue weighted by atomic mass is 16.5. The Bertz CT molecular complexity index is 1250. The van der Waals surface area contributed by atoms with Crippen molar-refractivity contribution in [1.82, 2.24) is 5.32 Å². The Morgan fingerprint density at radius 2 is 1.36 bits per heavy atom. The van der Waals surface area contributed by atoms with Gasteiger partial charge in [-0.1, -0.05) is 24.3 Å². The van der Waals surface area contributed by atoms with Crippen LogP contribution in [-0.2, 0) is 4.79 Å². The Morgan fingerprint density at radius 3 is 1.94 bits per heavy atom. The number of carbonyl (C=O) groups excluding carboxylic acids is 1. The maximum Gasteiger partial charge on any atom is 0.336 e. The number of hydrogen-bond donors (Lipinski definition) is 1. The Morgan fingerprint density at radius 1 is 0.818 bits per heavy atom. The third kappa shape index (κ3) is 5.33. The van der Waals surface area contributed by atoms with Crippen molar-refractivity contribution in [3.8, 4) is 17.2 Å². The van der Waals surface area contributed by atoms with Gasteiger partial charge in [-0.2, -0.15) is 0 Å². The van der Waals surface area contributed by atoms with Crippen LogP contribution in [0.2, 0.25) is 0 Å². The van der Waals surface area contributed by atoms with Gasteiger partial charge in [-0.15, -0.1) is 0 Å². The van der Waals surface area contributed by atoms with Crippen molar-refractivity contribution in [2.45, 2.75) is 6.04 Å². The minimum atomic E-state index is -0.445. The molecule has 1 aromatic heterocycles. The summed E-state index contributed by atoms with van der Waals surface area (Å²) in [7, 11) is 3.21. The number of amides is 1. The number of methoxy groups -OCH3 is 2. The van der Waals surface area contributed by atoms with E-state index in [1.54, 1.807) is 38.5 Å². The first-order valence-electron chi connectivity index (χ1n) is 10.3. The summed E-state index contributed by atoms with van der Waals surface area (Å²) in [4.78, 5) is 24.2. The number of benzene rings is 3. The minimum Gasteiger partial charge on any atom is -0.497 e. The van der Waals surface area contributed by atoms with Crippen molar-refractivity contribution in [3.05, 3.63) is 100 Å². The van der Waals surface area contributed by atoms with E-state index >= 15 is 0 Å². The molecule has 168 valence electrons. The van der Waals surface area contributed by atoms with E-state index in [0.717, 1.165) is 28.0 Å². The molecule has 7 heteroatoms. The number of rotatable bonds is 8. The predicted octanol–water partition coefficient (Wildman–Crippen LogP) is 4.09. The second-order valence-corrected chi connectivity index (χ2v) is 7.29. The Labute approximate surface area is 190 Å². The summed E-state index contributed by atoms with van der Waals surface area (Å²) in [5.74, 6) is 1.58. The molecule has 0 atom stereocenters. The van der Waals surface area contributed by atoms with E-state index in [1.165, 1.54) is 6.07 Å². The molecule has 7 nitrogen and oxygen atoms in total. The monoisotopic (exact) mass is 445 g/mol. The number of ether oxygens (including phenoxy) is 3. The fourth-order valence-corrected chi connectivity index (χ4v) is 3.43. The molecule has 1 heterocycles. The Kier molecular flexibility index (Phi) is 6.59. The average molecular weight is 445 g/mol. The van der Waals surface area contributed by atoms with Crippen molar-refractivity contribution in [2.75, 3.05) is 20.8 Å². The van der Waals surface area contributed by atoms with Crippen LogP contribution in [0.4, 0.5) is 0 Å². The maximum absolute atomic E-state index is 12.8. The lowest BCUT2D eigenvalue weighted by atomic mass is 9.98. The van der Waals surface area contributed by atoms with Gasteiger partial charge in [0, 0.05) is 17.5 Å². The van der Waals surface area contributed by atoms with Crippen LogP contribution >= 0.6 is 0 Å². The third-order valence-corrected chi connectivity index (χ3v) is 5.17. The molecule has 4 aromatic rings. The standard InChI is InChI=1S/C26H23NO6/c1-30-20-9-4-18(5-10-20)26(19-6-11-21(31-2)12-7-19)27-24(28)16-32-22-13-3-17-8-14-25(29)33-23(17)15-22/h3-15,26H,16H2,1-2H3,(H,27,28). The summed E-state index contributed by atoms with van der Waals surface area (Å²) < 4.78 is 21.3. The van der Waals surface area contributed by atoms with Crippen molar-refractivity contribution < 1.29 is 23.4 Å². The normalized spacial score (nSPS) is 10.8. The molecule has 0 saturated carbocycles. The van der Waals surface area contributed by atoms with Gasteiger partial charge in [0.05, 0.1) is 20.3 Å². The quantitative estimate of drug-likeness (QED) is 0.411. The summed E-state index contributed by atoms with van der Waals surface area (Å²) in [5, 5.41) is 3.79. The number of carbonyl (C=O) groups is 1. The molecule has 0 unspecified atom stereocenters. The lowest BCUT2D eigenvalue weighted by molar-refractivity contribution is -0.123. The second kappa shape index (κ2) is 9.91. The van der Waals surface area contributed by atoms with Gasteiger partial charge in [0.2, 0.25) is 0 Å². The minimum absolute atomic E-state index is 0.203. The smallest absolute Gasteiger partial charge is 0.336 e. The lowest BCUT2D eigenvalue weighted by Gasteiger charge is -2.20. The Balaban J connectivity index is 1.50. The zero-order valence-electron chi connectivity index (χ0n) is 18.2. The highest BCUT2D eigenvalue weighted by Crippen LogP contribution is 2.26. The fourth-order valence-electron chi connectivity index (χ4n) is 3.43. The molecule has 1 amide bonds. The molecule has 4 rings (SSSR count). The highest BCUT2D eigenvalue weighted by molar-refractivity contribution is 5.80. The maximum atomic E-state index is 12.8. The van der Waals surface area contributed by atoms with E-state index in [4.69, 9.17) is 18.6 Å². The number of hydrogen-bond acceptors (Lipinski definition) is 6. The first kappa shape index (κ1) is 22.0. The number of nitrogens with one attached hydrogen (secondary N) is 1. The molecule has 0 saturated heterocycles. The molecule has 33 heavy (non-hydrogen) atoms. The van der Waals surface area contributed by atoms with Crippen molar-refractivity contribution >= 4 is 16.9 Å². The van der Waals surface area contributed by atoms with Crippen LogP contribution in [0.15, 0.2) is 88.1 Å². The van der Waals surface area contributed by atoms with Gasteiger partial charge in [-0.3, -0.25) is 4.79 Å². The van der Waals surface area contributed by atoms with Crippen LogP contribution in [0.3, 0.4) is 0 Å². The topological polar surface area (TPSA) is 87.0 Å². The zero-order chi connectivity index (χ0) is 23.2. The van der Waals surface area contributed by atoms with Gasteiger partial charge in [0.25, 0.3) is 5.91 Å². The summed E-state index contributed by atoms with van der Waals surface area (Å²) in [6.45, 7) is -0.203. The molecular formula is C26H23NO6. The number of fused-ring (bicyclic) bond motifs is 1. The van der Waals surface area contributed by atoms with Gasteiger partial charge in [0.15, 0.2) is 6.61 Å². The average Bonchev–Trinajstić information content (AvgIpc) is 2.86. The van der Waals surface area contributed by atoms with Crippen molar-refractivity contribution in [3.63, 3.8) is 0 Å². The lowest BCUT2D eigenvalue weighted by Crippen LogP contribution is -2.33. The molecule has 0 bridgehead atoms. The van der Waals surface area contributed by atoms with Crippen molar-refractivity contribution in [2.24, 2.45) is 0 Å². The van der Waals surface area contributed by atoms with E-state index in [2.05, 4.69) is 5.32 Å². The summed E-state index contributed by atoms with van der Waals surface area (Å²) >= 11 is 0. The van der Waals surface area contributed by atoms with Crippen LogP contribution in [0.1, 0.15) is 17.2 Å². The molecule has 3 aromatic carbocycles. The van der Waals surface area contributed by atoms with E-state index in [0.29, 0.717) is 11.3 Å². The van der Waals surface area contributed by atoms with Gasteiger partial charge in [-0.25, -0.2) is 4.79 Å². The third-order valence-electron chi connectivity index (χ3n) is 5.17. The molecule has 0 spiro atoms. The van der Waals surface area contributed by atoms with E-state index in [9.17, 15) is 9.59 Å². The molecule has 0 aliphatic rings. The summed E-state index contributed by atoms with van der Waals surface area (Å²) in [6.07, 6.45) is 0. The molecule has 0 fully saturated rings. The van der Waals surface area contributed by atoms with Gasteiger partial charge in [0.1, 0.15) is 22.8 Å². The predicted molar refractivity (Wildman–Crippen MR) is 124 cm³/mol. The van der Waals surface area contributed by atoms with Crippen molar-refractivity contribution in [1.29, 1.82) is 0 Å². The largest absolute Gasteiger partial charge is 0.497 e.